The molecular formula is C18H16FNO2. The molecule has 0 unspecified atom stereocenters. The van der Waals surface area contributed by atoms with E-state index in [1.165, 1.54) is 18.2 Å². The number of halogens is 1. The lowest BCUT2D eigenvalue weighted by Gasteiger charge is -2.16. The molecule has 3 nitrogen and oxygen atoms in total. The Morgan fingerprint density at radius 2 is 1.73 bits per heavy atom. The monoisotopic (exact) mass is 297 g/mol. The van der Waals surface area contributed by atoms with Crippen molar-refractivity contribution in [1.82, 2.24) is 5.32 Å². The molecule has 1 aliphatic rings. The van der Waals surface area contributed by atoms with Gasteiger partial charge in [-0.25, -0.2) is 4.39 Å². The highest BCUT2D eigenvalue weighted by atomic mass is 19.1. The molecule has 22 heavy (non-hydrogen) atoms. The normalized spacial score (nSPS) is 17.0. The summed E-state index contributed by atoms with van der Waals surface area (Å²) in [7, 11) is 0. The van der Waals surface area contributed by atoms with Gasteiger partial charge in [0.25, 0.3) is 0 Å². The molecule has 0 spiro atoms. The second-order valence-electron chi connectivity index (χ2n) is 5.21. The quantitative estimate of drug-likeness (QED) is 0.921. The van der Waals surface area contributed by atoms with Crippen molar-refractivity contribution < 1.29 is 13.9 Å². The molecule has 0 bridgehead atoms. The fraction of sp³-hybridized carbons (Fsp3) is 0.167. The number of carbonyl (C=O) groups is 1. The van der Waals surface area contributed by atoms with E-state index in [0.29, 0.717) is 18.8 Å². The summed E-state index contributed by atoms with van der Waals surface area (Å²) in [5.74, 6) is 0.204. The summed E-state index contributed by atoms with van der Waals surface area (Å²) in [5.41, 5.74) is 1.99. The molecule has 0 aliphatic carbocycles. The standard InChI is InChI=1S/C18H16FNO2/c19-15-8-6-14(7-9-15)12-22-17-11-18(21)20-16(17)10-13-4-2-1-3-5-13/h1-9,11,16H,10,12H2,(H,20,21)/t16-/m0/s1. The lowest BCUT2D eigenvalue weighted by atomic mass is 10.1. The van der Waals surface area contributed by atoms with Crippen molar-refractivity contribution in [2.24, 2.45) is 0 Å². The van der Waals surface area contributed by atoms with Gasteiger partial charge in [0.2, 0.25) is 5.91 Å². The predicted octanol–water partition coefficient (Wildman–Crippen LogP) is 2.97. The zero-order valence-electron chi connectivity index (χ0n) is 12.0. The van der Waals surface area contributed by atoms with Gasteiger partial charge < -0.3 is 10.1 Å². The van der Waals surface area contributed by atoms with Crippen molar-refractivity contribution in [2.45, 2.75) is 19.1 Å². The Labute approximate surface area is 128 Å². The number of rotatable bonds is 5. The van der Waals surface area contributed by atoms with E-state index in [-0.39, 0.29) is 17.8 Å². The molecule has 1 aliphatic heterocycles. The Bertz CT molecular complexity index is 680. The van der Waals surface area contributed by atoms with Gasteiger partial charge >= 0.3 is 0 Å². The molecule has 1 heterocycles. The van der Waals surface area contributed by atoms with Crippen LogP contribution in [0.3, 0.4) is 0 Å². The van der Waals surface area contributed by atoms with Crippen LogP contribution in [0.25, 0.3) is 0 Å². The third-order valence-electron chi connectivity index (χ3n) is 3.53. The number of ether oxygens (including phenoxy) is 1. The zero-order valence-corrected chi connectivity index (χ0v) is 12.0. The molecule has 0 fully saturated rings. The van der Waals surface area contributed by atoms with Crippen LogP contribution in [-0.4, -0.2) is 11.9 Å². The zero-order chi connectivity index (χ0) is 15.4. The van der Waals surface area contributed by atoms with Gasteiger partial charge in [0.1, 0.15) is 18.2 Å². The molecule has 112 valence electrons. The largest absolute Gasteiger partial charge is 0.491 e. The van der Waals surface area contributed by atoms with Gasteiger partial charge in [0.05, 0.1) is 6.04 Å². The van der Waals surface area contributed by atoms with E-state index < -0.39 is 0 Å². The first-order chi connectivity index (χ1) is 10.7. The Morgan fingerprint density at radius 1 is 1.00 bits per heavy atom. The van der Waals surface area contributed by atoms with E-state index in [1.54, 1.807) is 12.1 Å². The molecule has 1 N–H and O–H groups in total. The molecule has 3 rings (SSSR count). The maximum atomic E-state index is 12.9. The minimum atomic E-state index is -0.275. The number of hydrogen-bond donors (Lipinski definition) is 1. The molecule has 1 amide bonds. The highest BCUT2D eigenvalue weighted by molar-refractivity contribution is 5.91. The molecule has 0 aromatic heterocycles. The highest BCUT2D eigenvalue weighted by Crippen LogP contribution is 2.18. The van der Waals surface area contributed by atoms with Crippen LogP contribution < -0.4 is 5.32 Å². The molecule has 1 atom stereocenters. The van der Waals surface area contributed by atoms with Crippen LogP contribution in [0.2, 0.25) is 0 Å². The van der Waals surface area contributed by atoms with E-state index in [9.17, 15) is 9.18 Å². The van der Waals surface area contributed by atoms with Gasteiger partial charge in [-0.15, -0.1) is 0 Å². The SMILES string of the molecule is O=C1C=C(OCc2ccc(F)cc2)[C@H](Cc2ccccc2)N1. The number of hydrogen-bond acceptors (Lipinski definition) is 2. The molecule has 0 saturated heterocycles. The van der Waals surface area contributed by atoms with Gasteiger partial charge in [0.15, 0.2) is 0 Å². The number of carbonyl (C=O) groups excluding carboxylic acids is 1. The summed E-state index contributed by atoms with van der Waals surface area (Å²) in [6, 6.07) is 15.9. The van der Waals surface area contributed by atoms with E-state index in [1.807, 2.05) is 30.3 Å². The molecule has 0 saturated carbocycles. The predicted molar refractivity (Wildman–Crippen MR) is 81.3 cm³/mol. The summed E-state index contributed by atoms with van der Waals surface area (Å²) in [6.07, 6.45) is 2.17. The van der Waals surface area contributed by atoms with E-state index in [4.69, 9.17) is 4.74 Å². The molecular weight excluding hydrogens is 281 g/mol. The first-order valence-electron chi connectivity index (χ1n) is 7.14. The Kier molecular flexibility index (Phi) is 4.19. The molecule has 2 aromatic rings. The van der Waals surface area contributed by atoms with E-state index in [0.717, 1.165) is 11.1 Å². The van der Waals surface area contributed by atoms with Crippen LogP contribution in [0.1, 0.15) is 11.1 Å². The third kappa shape index (κ3) is 3.52. The van der Waals surface area contributed by atoms with Gasteiger partial charge in [0, 0.05) is 6.08 Å². The topological polar surface area (TPSA) is 38.3 Å². The molecule has 2 aromatic carbocycles. The van der Waals surface area contributed by atoms with Crippen LogP contribution >= 0.6 is 0 Å². The number of nitrogens with one attached hydrogen (secondary N) is 1. The lowest BCUT2D eigenvalue weighted by Crippen LogP contribution is -2.31. The Balaban J connectivity index is 1.64. The van der Waals surface area contributed by atoms with Crippen molar-refractivity contribution >= 4 is 5.91 Å². The maximum absolute atomic E-state index is 12.9. The van der Waals surface area contributed by atoms with Crippen LogP contribution in [0.4, 0.5) is 4.39 Å². The van der Waals surface area contributed by atoms with Crippen molar-refractivity contribution in [3.8, 4) is 0 Å². The molecule has 0 radical (unpaired) electrons. The fourth-order valence-electron chi connectivity index (χ4n) is 2.41. The second kappa shape index (κ2) is 6.43. The minimum Gasteiger partial charge on any atom is -0.491 e. The van der Waals surface area contributed by atoms with Gasteiger partial charge in [-0.1, -0.05) is 42.5 Å². The van der Waals surface area contributed by atoms with E-state index in [2.05, 4.69) is 5.32 Å². The van der Waals surface area contributed by atoms with Crippen molar-refractivity contribution in [3.05, 3.63) is 83.4 Å². The highest BCUT2D eigenvalue weighted by Gasteiger charge is 2.25. The second-order valence-corrected chi connectivity index (χ2v) is 5.21. The summed E-state index contributed by atoms with van der Waals surface area (Å²) in [4.78, 5) is 11.6. The van der Waals surface area contributed by atoms with Crippen molar-refractivity contribution in [1.29, 1.82) is 0 Å². The van der Waals surface area contributed by atoms with Crippen LogP contribution in [0.15, 0.2) is 66.4 Å². The number of benzene rings is 2. The smallest absolute Gasteiger partial charge is 0.248 e. The lowest BCUT2D eigenvalue weighted by molar-refractivity contribution is -0.116. The van der Waals surface area contributed by atoms with Crippen LogP contribution in [0, 0.1) is 5.82 Å². The Morgan fingerprint density at radius 3 is 2.45 bits per heavy atom. The average Bonchev–Trinajstić information content (AvgIpc) is 2.87. The first-order valence-corrected chi connectivity index (χ1v) is 7.14. The maximum Gasteiger partial charge on any atom is 0.248 e. The van der Waals surface area contributed by atoms with Gasteiger partial charge in [-0.3, -0.25) is 4.79 Å². The van der Waals surface area contributed by atoms with Gasteiger partial charge in [-0.2, -0.15) is 0 Å². The Hall–Kier alpha value is -2.62. The van der Waals surface area contributed by atoms with Gasteiger partial charge in [-0.05, 0) is 29.7 Å². The van der Waals surface area contributed by atoms with Crippen LogP contribution in [0.5, 0.6) is 0 Å². The summed E-state index contributed by atoms with van der Waals surface area (Å²) in [5, 5.41) is 2.88. The third-order valence-corrected chi connectivity index (χ3v) is 3.53. The summed E-state index contributed by atoms with van der Waals surface area (Å²) < 4.78 is 18.6. The van der Waals surface area contributed by atoms with E-state index >= 15 is 0 Å². The minimum absolute atomic E-state index is 0.143. The number of amides is 1. The fourth-order valence-corrected chi connectivity index (χ4v) is 2.41. The first kappa shape index (κ1) is 14.3. The summed E-state index contributed by atoms with van der Waals surface area (Å²) in [6.45, 7) is 0.312. The summed E-state index contributed by atoms with van der Waals surface area (Å²) >= 11 is 0. The van der Waals surface area contributed by atoms with Crippen LogP contribution in [-0.2, 0) is 22.6 Å². The average molecular weight is 297 g/mol. The molecule has 4 heteroatoms. The van der Waals surface area contributed by atoms with Crippen molar-refractivity contribution in [2.75, 3.05) is 0 Å². The van der Waals surface area contributed by atoms with Crippen molar-refractivity contribution in [3.63, 3.8) is 0 Å².